The summed E-state index contributed by atoms with van der Waals surface area (Å²) in [7, 11) is 0. The molecule has 22 heavy (non-hydrogen) atoms. The Bertz CT molecular complexity index is 605. The lowest BCUT2D eigenvalue weighted by atomic mass is 10.1. The Morgan fingerprint density at radius 1 is 1.18 bits per heavy atom. The van der Waals surface area contributed by atoms with E-state index in [1.807, 2.05) is 13.0 Å². The van der Waals surface area contributed by atoms with E-state index in [4.69, 9.17) is 4.74 Å². The van der Waals surface area contributed by atoms with E-state index in [2.05, 4.69) is 9.97 Å². The minimum Gasteiger partial charge on any atom is -0.484 e. The first kappa shape index (κ1) is 16.6. The number of thioether (sulfide) groups is 1. The molecule has 0 atom stereocenters. The van der Waals surface area contributed by atoms with E-state index < -0.39 is 12.8 Å². The van der Waals surface area contributed by atoms with Crippen molar-refractivity contribution in [1.82, 2.24) is 9.97 Å². The van der Waals surface area contributed by atoms with Crippen molar-refractivity contribution in [3.8, 4) is 5.75 Å². The molecule has 0 saturated heterocycles. The smallest absolute Gasteiger partial charge is 0.422 e. The summed E-state index contributed by atoms with van der Waals surface area (Å²) < 4.78 is 42.0. The molecule has 0 spiro atoms. The standard InChI is InChI=1S/C15H15F3N2OS/c1-2-11-4-5-12(9-22-14-19-6-3-7-20-14)13(8-11)21-10-15(16,17)18/h3-8H,2,9-10H2,1H3. The van der Waals surface area contributed by atoms with Crippen LogP contribution >= 0.6 is 11.8 Å². The number of rotatable bonds is 6. The average Bonchev–Trinajstić information content (AvgIpc) is 2.51. The second-order valence-electron chi connectivity index (χ2n) is 4.52. The van der Waals surface area contributed by atoms with Crippen molar-refractivity contribution >= 4 is 11.8 Å². The molecule has 1 aromatic heterocycles. The van der Waals surface area contributed by atoms with Crippen molar-refractivity contribution in [2.75, 3.05) is 6.61 Å². The van der Waals surface area contributed by atoms with Crippen molar-refractivity contribution in [2.24, 2.45) is 0 Å². The van der Waals surface area contributed by atoms with Crippen LogP contribution in [0, 0.1) is 0 Å². The Balaban J connectivity index is 2.11. The molecule has 2 aromatic rings. The molecule has 2 rings (SSSR count). The highest BCUT2D eigenvalue weighted by Crippen LogP contribution is 2.29. The second kappa shape index (κ2) is 7.49. The van der Waals surface area contributed by atoms with E-state index in [1.54, 1.807) is 30.6 Å². The molecule has 0 amide bonds. The molecule has 0 saturated carbocycles. The van der Waals surface area contributed by atoms with Gasteiger partial charge in [0.25, 0.3) is 0 Å². The number of aryl methyl sites for hydroxylation is 1. The molecule has 7 heteroatoms. The van der Waals surface area contributed by atoms with Gasteiger partial charge in [0.05, 0.1) is 0 Å². The van der Waals surface area contributed by atoms with E-state index in [0.717, 1.165) is 12.0 Å². The minimum absolute atomic E-state index is 0.264. The lowest BCUT2D eigenvalue weighted by Crippen LogP contribution is -2.19. The number of hydrogen-bond acceptors (Lipinski definition) is 4. The zero-order valence-corrected chi connectivity index (χ0v) is 12.7. The minimum atomic E-state index is -4.35. The van der Waals surface area contributed by atoms with Gasteiger partial charge in [0, 0.05) is 23.7 Å². The predicted octanol–water partition coefficient (Wildman–Crippen LogP) is 4.27. The van der Waals surface area contributed by atoms with Crippen LogP contribution in [0.1, 0.15) is 18.1 Å². The van der Waals surface area contributed by atoms with Crippen LogP contribution in [-0.4, -0.2) is 22.8 Å². The normalized spacial score (nSPS) is 11.5. The molecular formula is C15H15F3N2OS. The van der Waals surface area contributed by atoms with Crippen molar-refractivity contribution in [3.63, 3.8) is 0 Å². The van der Waals surface area contributed by atoms with Gasteiger partial charge in [-0.1, -0.05) is 30.8 Å². The zero-order valence-electron chi connectivity index (χ0n) is 11.9. The number of benzene rings is 1. The van der Waals surface area contributed by atoms with Crippen LogP contribution in [0.2, 0.25) is 0 Å². The molecule has 0 radical (unpaired) electrons. The lowest BCUT2D eigenvalue weighted by molar-refractivity contribution is -0.153. The predicted molar refractivity (Wildman–Crippen MR) is 79.0 cm³/mol. The maximum absolute atomic E-state index is 12.4. The van der Waals surface area contributed by atoms with Crippen LogP contribution in [-0.2, 0) is 12.2 Å². The number of nitrogens with zero attached hydrogens (tertiary/aromatic N) is 2. The fourth-order valence-electron chi connectivity index (χ4n) is 1.73. The summed E-state index contributed by atoms with van der Waals surface area (Å²) in [5.41, 5.74) is 1.63. The molecule has 0 aliphatic rings. The molecule has 0 N–H and O–H groups in total. The number of hydrogen-bond donors (Lipinski definition) is 0. The monoisotopic (exact) mass is 328 g/mol. The number of alkyl halides is 3. The summed E-state index contributed by atoms with van der Waals surface area (Å²) in [5.74, 6) is 0.710. The molecule has 3 nitrogen and oxygen atoms in total. The molecule has 118 valence electrons. The molecule has 0 fully saturated rings. The maximum Gasteiger partial charge on any atom is 0.422 e. The first-order valence-electron chi connectivity index (χ1n) is 6.69. The van der Waals surface area contributed by atoms with Crippen molar-refractivity contribution in [3.05, 3.63) is 47.8 Å². The van der Waals surface area contributed by atoms with Crippen LogP contribution < -0.4 is 4.74 Å². The first-order chi connectivity index (χ1) is 10.5. The Morgan fingerprint density at radius 3 is 2.55 bits per heavy atom. The SMILES string of the molecule is CCc1ccc(CSc2ncccn2)c(OCC(F)(F)F)c1. The van der Waals surface area contributed by atoms with Gasteiger partial charge in [0.2, 0.25) is 0 Å². The third-order valence-electron chi connectivity index (χ3n) is 2.83. The van der Waals surface area contributed by atoms with Crippen molar-refractivity contribution in [1.29, 1.82) is 0 Å². The van der Waals surface area contributed by atoms with Crippen LogP contribution in [0.4, 0.5) is 13.2 Å². The van der Waals surface area contributed by atoms with Crippen molar-refractivity contribution < 1.29 is 17.9 Å². The molecule has 0 aliphatic heterocycles. The first-order valence-corrected chi connectivity index (χ1v) is 7.67. The van der Waals surface area contributed by atoms with Gasteiger partial charge in [-0.25, -0.2) is 9.97 Å². The third-order valence-corrected chi connectivity index (χ3v) is 3.75. The Kier molecular flexibility index (Phi) is 5.65. The molecular weight excluding hydrogens is 313 g/mol. The number of ether oxygens (including phenoxy) is 1. The van der Waals surface area contributed by atoms with E-state index in [-0.39, 0.29) is 5.75 Å². The number of aromatic nitrogens is 2. The highest BCUT2D eigenvalue weighted by molar-refractivity contribution is 7.98. The fraction of sp³-hybridized carbons (Fsp3) is 0.333. The van der Waals surface area contributed by atoms with Gasteiger partial charge in [-0.2, -0.15) is 13.2 Å². The second-order valence-corrected chi connectivity index (χ2v) is 5.46. The van der Waals surface area contributed by atoms with Gasteiger partial charge in [-0.3, -0.25) is 0 Å². The van der Waals surface area contributed by atoms with Gasteiger partial charge in [0.1, 0.15) is 5.75 Å². The Morgan fingerprint density at radius 2 is 1.91 bits per heavy atom. The number of halogens is 3. The van der Waals surface area contributed by atoms with Crippen molar-refractivity contribution in [2.45, 2.75) is 30.4 Å². The molecule has 0 bridgehead atoms. The Hall–Kier alpha value is -1.76. The molecule has 0 aliphatic carbocycles. The zero-order chi connectivity index (χ0) is 16.0. The van der Waals surface area contributed by atoms with Crippen LogP contribution in [0.5, 0.6) is 5.75 Å². The van der Waals surface area contributed by atoms with E-state index >= 15 is 0 Å². The average molecular weight is 328 g/mol. The highest BCUT2D eigenvalue weighted by Gasteiger charge is 2.28. The summed E-state index contributed by atoms with van der Waals surface area (Å²) in [5, 5.41) is 0.573. The van der Waals surface area contributed by atoms with E-state index in [0.29, 0.717) is 16.5 Å². The van der Waals surface area contributed by atoms with Crippen LogP contribution in [0.15, 0.2) is 41.8 Å². The summed E-state index contributed by atoms with van der Waals surface area (Å²) in [6.07, 6.45) is -0.375. The lowest BCUT2D eigenvalue weighted by Gasteiger charge is -2.14. The fourth-order valence-corrected chi connectivity index (χ4v) is 2.53. The largest absolute Gasteiger partial charge is 0.484 e. The van der Waals surface area contributed by atoms with Crippen LogP contribution in [0.3, 0.4) is 0 Å². The van der Waals surface area contributed by atoms with Gasteiger partial charge < -0.3 is 4.74 Å². The summed E-state index contributed by atoms with van der Waals surface area (Å²) in [6.45, 7) is 0.648. The van der Waals surface area contributed by atoms with E-state index in [9.17, 15) is 13.2 Å². The maximum atomic E-state index is 12.4. The quantitative estimate of drug-likeness (QED) is 0.586. The van der Waals surface area contributed by atoms with E-state index in [1.165, 1.54) is 11.8 Å². The van der Waals surface area contributed by atoms with Crippen LogP contribution in [0.25, 0.3) is 0 Å². The topological polar surface area (TPSA) is 35.0 Å². The summed E-state index contributed by atoms with van der Waals surface area (Å²) in [4.78, 5) is 8.15. The van der Waals surface area contributed by atoms with Gasteiger partial charge in [-0.15, -0.1) is 0 Å². The third kappa shape index (κ3) is 5.22. The summed E-state index contributed by atoms with van der Waals surface area (Å²) >= 11 is 1.35. The van der Waals surface area contributed by atoms with Gasteiger partial charge >= 0.3 is 6.18 Å². The Labute approximate surface area is 130 Å². The molecule has 0 unspecified atom stereocenters. The summed E-state index contributed by atoms with van der Waals surface area (Å²) in [6, 6.07) is 7.05. The molecule has 1 aromatic carbocycles. The molecule has 1 heterocycles. The van der Waals surface area contributed by atoms with Gasteiger partial charge in [-0.05, 0) is 24.1 Å². The van der Waals surface area contributed by atoms with Gasteiger partial charge in [0.15, 0.2) is 11.8 Å². The highest BCUT2D eigenvalue weighted by atomic mass is 32.2.